The number of nitrogens with zero attached hydrogens (tertiary/aromatic N) is 9. The summed E-state index contributed by atoms with van der Waals surface area (Å²) in [5.41, 5.74) is 36.0. The molecule has 0 aliphatic rings. The van der Waals surface area contributed by atoms with Crippen LogP contribution in [-0.2, 0) is 0 Å². The summed E-state index contributed by atoms with van der Waals surface area (Å²) < 4.78 is 14.2. The highest BCUT2D eigenvalue weighted by atomic mass is 15.2. The molecule has 0 atom stereocenters. The molecule has 0 saturated heterocycles. The molecule has 0 saturated carbocycles. The van der Waals surface area contributed by atoms with Gasteiger partial charge in [-0.15, -0.1) is 0 Å². The summed E-state index contributed by atoms with van der Waals surface area (Å²) >= 11 is 0. The number of para-hydroxylation sites is 6. The first kappa shape index (κ1) is 79.2. The van der Waals surface area contributed by atoms with Gasteiger partial charge in [0.1, 0.15) is 5.82 Å². The smallest absolute Gasteiger partial charge is 0.235 e. The lowest BCUT2D eigenvalue weighted by Gasteiger charge is -2.13. The van der Waals surface area contributed by atoms with Gasteiger partial charge in [-0.1, -0.05) is 328 Å². The van der Waals surface area contributed by atoms with Gasteiger partial charge in [-0.3, -0.25) is 9.13 Å². The van der Waals surface area contributed by atoms with E-state index in [4.69, 9.17) is 15.0 Å². The Morgan fingerprint density at radius 1 is 0.116 bits per heavy atom. The first-order valence-corrected chi connectivity index (χ1v) is 47.1. The summed E-state index contributed by atoms with van der Waals surface area (Å²) in [6.45, 7) is 0. The molecule has 0 amide bonds. The van der Waals surface area contributed by atoms with Crippen molar-refractivity contribution in [2.75, 3.05) is 0 Å². The van der Waals surface area contributed by atoms with E-state index in [1.807, 2.05) is 12.1 Å². The molecule has 138 heavy (non-hydrogen) atoms. The minimum atomic E-state index is 0.642. The molecule has 8 aromatic heterocycles. The van der Waals surface area contributed by atoms with Crippen LogP contribution in [0.25, 0.3) is 255 Å². The van der Waals surface area contributed by atoms with Gasteiger partial charge in [-0.25, -0.2) is 15.0 Å². The Bertz CT molecular complexity index is 9000. The first-order chi connectivity index (χ1) is 68.4. The van der Waals surface area contributed by atoms with Crippen LogP contribution in [0.15, 0.2) is 504 Å². The van der Waals surface area contributed by atoms with Gasteiger partial charge in [0, 0.05) is 104 Å². The molecular formula is C129H83N9. The normalized spacial score (nSPS) is 11.8. The van der Waals surface area contributed by atoms with Crippen LogP contribution in [-0.4, -0.2) is 42.4 Å². The summed E-state index contributed by atoms with van der Waals surface area (Å²) in [6, 6.07) is 182. The van der Waals surface area contributed by atoms with Crippen LogP contribution >= 0.6 is 0 Å². The average Bonchev–Trinajstić information content (AvgIpc) is 1.56. The van der Waals surface area contributed by atoms with Crippen LogP contribution < -0.4 is 0 Å². The quantitative estimate of drug-likeness (QED) is 0.109. The summed E-state index contributed by atoms with van der Waals surface area (Å²) in [4.78, 5) is 15.9. The lowest BCUT2D eigenvalue weighted by Crippen LogP contribution is -2.03. The molecule has 9 nitrogen and oxygen atoms in total. The van der Waals surface area contributed by atoms with E-state index < -0.39 is 0 Å². The standard InChI is InChI=1S/C65H42N4.C64H41N5/c1-5-17-43(18-6-1)46-29-33-62-56(37-46)57-42-51(32-36-63(57)67(62)50-23-11-4-12-24-50)68-59-27-15-13-25-52(59)54-38-47(30-34-61(54)68)48-31-35-64-55(39-48)53-26-14-16-28-60(53)69(64)65-41-49(44-19-7-2-8-20-44)40-58(66-65)45-21-9-3-10-22-45;1-5-17-42(18-6-1)45-29-33-61-54(37-45)55-40-49(32-36-62(55)67(61)48-23-11-4-12-24-48)68-58-27-15-13-25-50(58)52-38-46(30-34-60(52)68)47-31-35-63-53(39-47)51-26-14-16-28-59(51)69(63)64-65-56(43-19-7-2-8-20-43)41-57(66-64)44-21-9-3-10-22-44/h1-42H;1-41H. The fraction of sp³-hybridized carbons (Fsp3) is 0. The molecule has 28 aromatic rings. The van der Waals surface area contributed by atoms with Crippen LogP contribution in [0.4, 0.5) is 0 Å². The first-order valence-electron chi connectivity index (χ1n) is 47.1. The van der Waals surface area contributed by atoms with Crippen molar-refractivity contribution in [3.63, 3.8) is 0 Å². The van der Waals surface area contributed by atoms with E-state index >= 15 is 0 Å². The minimum Gasteiger partial charge on any atom is -0.309 e. The Hall–Kier alpha value is -18.6. The maximum Gasteiger partial charge on any atom is 0.235 e. The van der Waals surface area contributed by atoms with E-state index in [1.54, 1.807) is 0 Å². The SMILES string of the molecule is c1ccc(-c2cc(-c3ccccc3)nc(-n3c4ccccc4c4cc(-c5ccc6c(c5)c5ccccc5n6-c5ccc6c(c5)c5cc(-c7ccccc7)ccc5n6-c5ccccc5)ccc43)c2)cc1.c1ccc(-c2ccc3c(c2)c2cc(-n4c5ccccc5c5cc(-c6ccc7c(c6)c6ccccc6n7-c6nc(-c7ccccc7)cc(-c7ccccc7)n6)ccc54)ccc2n3-c2ccccc2)cc1. The molecule has 0 aliphatic heterocycles. The number of hydrogen-bond donors (Lipinski definition) is 0. The zero-order valence-electron chi connectivity index (χ0n) is 74.9. The van der Waals surface area contributed by atoms with Gasteiger partial charge in [0.05, 0.1) is 83.3 Å². The van der Waals surface area contributed by atoms with Gasteiger partial charge in [-0.05, 0) is 232 Å². The maximum absolute atomic E-state index is 5.37. The highest BCUT2D eigenvalue weighted by Crippen LogP contribution is 2.46. The number of fused-ring (bicyclic) bond motifs is 18. The highest BCUT2D eigenvalue weighted by Gasteiger charge is 2.26. The molecule has 0 fully saturated rings. The largest absolute Gasteiger partial charge is 0.309 e. The summed E-state index contributed by atoms with van der Waals surface area (Å²) in [5, 5.41) is 14.5. The zero-order chi connectivity index (χ0) is 90.8. The Morgan fingerprint density at radius 3 is 0.681 bits per heavy atom. The molecule has 0 radical (unpaired) electrons. The van der Waals surface area contributed by atoms with Crippen molar-refractivity contribution < 1.29 is 0 Å². The second-order valence-electron chi connectivity index (χ2n) is 35.8. The third-order valence-electron chi connectivity index (χ3n) is 27.9. The third-order valence-corrected chi connectivity index (χ3v) is 27.9. The van der Waals surface area contributed by atoms with Gasteiger partial charge in [-0.2, -0.15) is 0 Å². The van der Waals surface area contributed by atoms with E-state index in [0.717, 1.165) is 117 Å². The molecule has 0 spiro atoms. The van der Waals surface area contributed by atoms with Crippen molar-refractivity contribution in [3.05, 3.63) is 504 Å². The third kappa shape index (κ3) is 13.3. The molecule has 0 N–H and O–H groups in total. The number of aromatic nitrogens is 9. The van der Waals surface area contributed by atoms with Gasteiger partial charge in [0.15, 0.2) is 0 Å². The lowest BCUT2D eigenvalue weighted by atomic mass is 10.0. The Balaban J connectivity index is 0.000000139. The van der Waals surface area contributed by atoms with Gasteiger partial charge < -0.3 is 18.3 Å². The summed E-state index contributed by atoms with van der Waals surface area (Å²) in [7, 11) is 0. The summed E-state index contributed by atoms with van der Waals surface area (Å²) in [5.74, 6) is 1.53. The van der Waals surface area contributed by atoms with Crippen LogP contribution in [0.5, 0.6) is 0 Å². The number of benzene rings is 20. The van der Waals surface area contributed by atoms with Crippen molar-refractivity contribution in [2.45, 2.75) is 0 Å². The Labute approximate surface area is 795 Å². The van der Waals surface area contributed by atoms with Crippen molar-refractivity contribution >= 4 is 131 Å². The van der Waals surface area contributed by atoms with E-state index in [0.29, 0.717) is 5.95 Å². The van der Waals surface area contributed by atoms with Gasteiger partial charge in [0.2, 0.25) is 5.95 Å². The molecule has 0 unspecified atom stereocenters. The number of rotatable bonds is 14. The molecule has 0 bridgehead atoms. The fourth-order valence-corrected chi connectivity index (χ4v) is 21.5. The topological polar surface area (TPSA) is 68.2 Å². The van der Waals surface area contributed by atoms with Gasteiger partial charge in [0.25, 0.3) is 0 Å². The second-order valence-corrected chi connectivity index (χ2v) is 35.8. The molecule has 8 heterocycles. The highest BCUT2D eigenvalue weighted by molar-refractivity contribution is 6.18. The van der Waals surface area contributed by atoms with Crippen LogP contribution in [0, 0.1) is 0 Å². The van der Waals surface area contributed by atoms with Crippen LogP contribution in [0.3, 0.4) is 0 Å². The minimum absolute atomic E-state index is 0.642. The zero-order valence-corrected chi connectivity index (χ0v) is 74.9. The maximum atomic E-state index is 5.37. The Morgan fingerprint density at radius 2 is 0.341 bits per heavy atom. The van der Waals surface area contributed by atoms with E-state index in [-0.39, 0.29) is 0 Å². The van der Waals surface area contributed by atoms with E-state index in [2.05, 4.69) is 519 Å². The van der Waals surface area contributed by atoms with Crippen molar-refractivity contribution in [2.24, 2.45) is 0 Å². The van der Waals surface area contributed by atoms with Crippen molar-refractivity contribution in [1.82, 2.24) is 42.4 Å². The predicted octanol–water partition coefficient (Wildman–Crippen LogP) is 33.5. The number of hydrogen-bond acceptors (Lipinski definition) is 3. The molecular weight excluding hydrogens is 1680 g/mol. The van der Waals surface area contributed by atoms with Crippen molar-refractivity contribution in [3.8, 4) is 124 Å². The fourth-order valence-electron chi connectivity index (χ4n) is 21.5. The second kappa shape index (κ2) is 32.7. The number of pyridine rings is 1. The monoisotopic (exact) mass is 1760 g/mol. The van der Waals surface area contributed by atoms with Gasteiger partial charge >= 0.3 is 0 Å². The Kier molecular flexibility index (Phi) is 18.8. The molecule has 28 rings (SSSR count). The molecule has 9 heteroatoms. The summed E-state index contributed by atoms with van der Waals surface area (Å²) in [6.07, 6.45) is 0. The van der Waals surface area contributed by atoms with E-state index in [9.17, 15) is 0 Å². The van der Waals surface area contributed by atoms with Crippen LogP contribution in [0.1, 0.15) is 0 Å². The van der Waals surface area contributed by atoms with Crippen LogP contribution in [0.2, 0.25) is 0 Å². The van der Waals surface area contributed by atoms with Crippen molar-refractivity contribution in [1.29, 1.82) is 0 Å². The lowest BCUT2D eigenvalue weighted by molar-refractivity contribution is 0.995. The molecule has 0 aliphatic carbocycles. The van der Waals surface area contributed by atoms with E-state index in [1.165, 1.54) is 131 Å². The average molecular weight is 1760 g/mol. The molecule has 644 valence electrons. The predicted molar refractivity (Wildman–Crippen MR) is 576 cm³/mol. The molecule has 20 aromatic carbocycles.